The molecule has 0 aliphatic rings. The van der Waals surface area contributed by atoms with E-state index in [0.717, 1.165) is 0 Å². The van der Waals surface area contributed by atoms with Crippen molar-refractivity contribution >= 4 is 11.7 Å². The molecule has 0 saturated carbocycles. The average molecular weight is 209 g/mol. The second-order valence-corrected chi connectivity index (χ2v) is 3.04. The molecule has 0 aliphatic carbocycles. The Hall–Kier alpha value is -1.62. The lowest BCUT2D eigenvalue weighted by molar-refractivity contribution is 0.100. The fraction of sp³-hybridized carbons (Fsp3) is 0.400. The zero-order valence-electron chi connectivity index (χ0n) is 8.68. The summed E-state index contributed by atoms with van der Waals surface area (Å²) in [6.45, 7) is 3.05. The van der Waals surface area contributed by atoms with E-state index in [1.165, 1.54) is 0 Å². The maximum absolute atomic E-state index is 11.1. The van der Waals surface area contributed by atoms with Gasteiger partial charge in [0.15, 0.2) is 0 Å². The van der Waals surface area contributed by atoms with Gasteiger partial charge in [0.05, 0.1) is 12.2 Å². The molecule has 15 heavy (non-hydrogen) atoms. The summed E-state index contributed by atoms with van der Waals surface area (Å²) < 4.78 is 0. The summed E-state index contributed by atoms with van der Waals surface area (Å²) in [6.07, 6.45) is 1.60. The van der Waals surface area contributed by atoms with E-state index in [2.05, 4.69) is 4.98 Å². The number of pyridine rings is 1. The van der Waals surface area contributed by atoms with Crippen molar-refractivity contribution < 1.29 is 9.90 Å². The second-order valence-electron chi connectivity index (χ2n) is 3.04. The van der Waals surface area contributed by atoms with Gasteiger partial charge in [-0.15, -0.1) is 0 Å². The first kappa shape index (κ1) is 11.5. The number of primary amides is 1. The SMILES string of the molecule is CCN(CCO)c1ncccc1C(N)=O. The van der Waals surface area contributed by atoms with Gasteiger partial charge in [0.1, 0.15) is 5.82 Å². The minimum atomic E-state index is -0.505. The summed E-state index contributed by atoms with van der Waals surface area (Å²) in [5.41, 5.74) is 5.62. The molecule has 1 heterocycles. The second kappa shape index (κ2) is 5.31. The van der Waals surface area contributed by atoms with Crippen LogP contribution in [0.3, 0.4) is 0 Å². The number of aliphatic hydroxyl groups is 1. The lowest BCUT2D eigenvalue weighted by atomic mass is 10.2. The number of aromatic nitrogens is 1. The minimum Gasteiger partial charge on any atom is -0.395 e. The number of amides is 1. The predicted octanol–water partition coefficient (Wildman–Crippen LogP) is -0.000900. The van der Waals surface area contributed by atoms with Gasteiger partial charge < -0.3 is 15.7 Å². The van der Waals surface area contributed by atoms with E-state index >= 15 is 0 Å². The molecule has 82 valence electrons. The maximum Gasteiger partial charge on any atom is 0.252 e. The Balaban J connectivity index is 3.04. The van der Waals surface area contributed by atoms with Crippen LogP contribution < -0.4 is 10.6 Å². The van der Waals surface area contributed by atoms with Gasteiger partial charge in [0, 0.05) is 19.3 Å². The standard InChI is InChI=1S/C10H15N3O2/c1-2-13(6-7-14)10-8(9(11)15)4-3-5-12-10/h3-5,14H,2,6-7H2,1H3,(H2,11,15). The Morgan fingerprint density at radius 1 is 1.67 bits per heavy atom. The van der Waals surface area contributed by atoms with Crippen LogP contribution in [0.5, 0.6) is 0 Å². The number of anilines is 1. The van der Waals surface area contributed by atoms with E-state index in [1.807, 2.05) is 6.92 Å². The molecule has 0 unspecified atom stereocenters. The van der Waals surface area contributed by atoms with Crippen LogP contribution >= 0.6 is 0 Å². The summed E-state index contributed by atoms with van der Waals surface area (Å²) in [4.78, 5) is 17.0. The van der Waals surface area contributed by atoms with Crippen LogP contribution in [0.25, 0.3) is 0 Å². The van der Waals surface area contributed by atoms with Gasteiger partial charge in [0.2, 0.25) is 0 Å². The molecule has 3 N–H and O–H groups in total. The number of rotatable bonds is 5. The molecule has 0 spiro atoms. The third-order valence-corrected chi connectivity index (χ3v) is 2.10. The Bertz CT molecular complexity index is 341. The highest BCUT2D eigenvalue weighted by molar-refractivity contribution is 5.97. The Kier molecular flexibility index (Phi) is 4.05. The first-order valence-electron chi connectivity index (χ1n) is 4.81. The number of hydrogen-bond acceptors (Lipinski definition) is 4. The molecule has 1 aromatic rings. The third kappa shape index (κ3) is 2.66. The lowest BCUT2D eigenvalue weighted by Crippen LogP contribution is -2.29. The zero-order valence-corrected chi connectivity index (χ0v) is 8.68. The van der Waals surface area contributed by atoms with E-state index < -0.39 is 5.91 Å². The molecule has 5 heteroatoms. The maximum atomic E-state index is 11.1. The molecule has 1 amide bonds. The van der Waals surface area contributed by atoms with Crippen molar-refractivity contribution in [2.24, 2.45) is 5.73 Å². The van der Waals surface area contributed by atoms with Crippen molar-refractivity contribution in [2.75, 3.05) is 24.6 Å². The number of carbonyl (C=O) groups is 1. The topological polar surface area (TPSA) is 79.4 Å². The first-order chi connectivity index (χ1) is 7.20. The van der Waals surface area contributed by atoms with Crippen LogP contribution in [-0.4, -0.2) is 35.7 Å². The van der Waals surface area contributed by atoms with Crippen LogP contribution in [0, 0.1) is 0 Å². The quantitative estimate of drug-likeness (QED) is 0.715. The monoisotopic (exact) mass is 209 g/mol. The summed E-state index contributed by atoms with van der Waals surface area (Å²) >= 11 is 0. The summed E-state index contributed by atoms with van der Waals surface area (Å²) in [5.74, 6) is 0.0241. The molecular formula is C10H15N3O2. The number of nitrogens with two attached hydrogens (primary N) is 1. The molecule has 0 bridgehead atoms. The highest BCUT2D eigenvalue weighted by atomic mass is 16.3. The molecule has 1 aromatic heterocycles. The van der Waals surface area contributed by atoms with Gasteiger partial charge >= 0.3 is 0 Å². The number of aliphatic hydroxyl groups excluding tert-OH is 1. The smallest absolute Gasteiger partial charge is 0.252 e. The molecule has 0 aliphatic heterocycles. The summed E-state index contributed by atoms with van der Waals surface area (Å²) in [7, 11) is 0. The molecule has 0 fully saturated rings. The van der Waals surface area contributed by atoms with Crippen molar-refractivity contribution in [1.82, 2.24) is 4.98 Å². The Labute approximate surface area is 88.5 Å². The molecule has 0 aromatic carbocycles. The normalized spacial score (nSPS) is 10.0. The van der Waals surface area contributed by atoms with Crippen LogP contribution in [0.15, 0.2) is 18.3 Å². The van der Waals surface area contributed by atoms with Gasteiger partial charge in [-0.3, -0.25) is 4.79 Å². The van der Waals surface area contributed by atoms with Gasteiger partial charge in [-0.1, -0.05) is 0 Å². The predicted molar refractivity (Wildman–Crippen MR) is 57.7 cm³/mol. The summed E-state index contributed by atoms with van der Waals surface area (Å²) in [6, 6.07) is 3.29. The fourth-order valence-electron chi connectivity index (χ4n) is 1.38. The number of likely N-dealkylation sites (N-methyl/N-ethyl adjacent to an activating group) is 1. The molecule has 0 atom stereocenters. The largest absolute Gasteiger partial charge is 0.395 e. The zero-order chi connectivity index (χ0) is 11.3. The van der Waals surface area contributed by atoms with Gasteiger partial charge in [-0.05, 0) is 19.1 Å². The fourth-order valence-corrected chi connectivity index (χ4v) is 1.38. The highest BCUT2D eigenvalue weighted by Crippen LogP contribution is 2.15. The van der Waals surface area contributed by atoms with Crippen molar-refractivity contribution in [2.45, 2.75) is 6.92 Å². The number of carbonyl (C=O) groups excluding carboxylic acids is 1. The van der Waals surface area contributed by atoms with E-state index in [9.17, 15) is 4.79 Å². The van der Waals surface area contributed by atoms with E-state index in [1.54, 1.807) is 23.2 Å². The van der Waals surface area contributed by atoms with Crippen molar-refractivity contribution in [3.05, 3.63) is 23.9 Å². The summed E-state index contributed by atoms with van der Waals surface area (Å²) in [5, 5.41) is 8.87. The van der Waals surface area contributed by atoms with Crippen LogP contribution in [-0.2, 0) is 0 Å². The van der Waals surface area contributed by atoms with Crippen molar-refractivity contribution in [1.29, 1.82) is 0 Å². The lowest BCUT2D eigenvalue weighted by Gasteiger charge is -2.22. The van der Waals surface area contributed by atoms with Crippen LogP contribution in [0.1, 0.15) is 17.3 Å². The number of nitrogens with zero attached hydrogens (tertiary/aromatic N) is 2. The Morgan fingerprint density at radius 3 is 2.93 bits per heavy atom. The van der Waals surface area contributed by atoms with Gasteiger partial charge in [-0.2, -0.15) is 0 Å². The highest BCUT2D eigenvalue weighted by Gasteiger charge is 2.13. The first-order valence-corrected chi connectivity index (χ1v) is 4.81. The molecule has 5 nitrogen and oxygen atoms in total. The van der Waals surface area contributed by atoms with E-state index in [4.69, 9.17) is 10.8 Å². The molecule has 0 saturated heterocycles. The minimum absolute atomic E-state index is 0.0165. The van der Waals surface area contributed by atoms with Crippen molar-refractivity contribution in [3.63, 3.8) is 0 Å². The molecule has 1 rings (SSSR count). The van der Waals surface area contributed by atoms with Crippen LogP contribution in [0.4, 0.5) is 5.82 Å². The van der Waals surface area contributed by atoms with E-state index in [-0.39, 0.29) is 6.61 Å². The van der Waals surface area contributed by atoms with Gasteiger partial charge in [-0.25, -0.2) is 4.98 Å². The van der Waals surface area contributed by atoms with Crippen LogP contribution in [0.2, 0.25) is 0 Å². The third-order valence-electron chi connectivity index (χ3n) is 2.10. The average Bonchev–Trinajstić information content (AvgIpc) is 2.26. The van der Waals surface area contributed by atoms with E-state index in [0.29, 0.717) is 24.5 Å². The molecular weight excluding hydrogens is 194 g/mol. The van der Waals surface area contributed by atoms with Crippen molar-refractivity contribution in [3.8, 4) is 0 Å². The molecule has 0 radical (unpaired) electrons. The Morgan fingerprint density at radius 2 is 2.40 bits per heavy atom. The van der Waals surface area contributed by atoms with Gasteiger partial charge in [0.25, 0.3) is 5.91 Å². The number of hydrogen-bond donors (Lipinski definition) is 2.